The summed E-state index contributed by atoms with van der Waals surface area (Å²) < 4.78 is 26.6. The molecule has 33 heavy (non-hydrogen) atoms. The van der Waals surface area contributed by atoms with Crippen LogP contribution in [0, 0.1) is 11.3 Å². The fraction of sp³-hybridized carbons (Fsp3) is 0.200. The zero-order valence-electron chi connectivity index (χ0n) is 18.3. The molecule has 0 aliphatic rings. The molecule has 0 aliphatic heterocycles. The second kappa shape index (κ2) is 10.6. The predicted octanol–water partition coefficient (Wildman–Crippen LogP) is 5.28. The summed E-state index contributed by atoms with van der Waals surface area (Å²) in [6, 6.07) is 22.4. The first-order chi connectivity index (χ1) is 15.8. The van der Waals surface area contributed by atoms with Crippen molar-refractivity contribution in [2.75, 3.05) is 18.4 Å². The van der Waals surface area contributed by atoms with E-state index in [0.717, 1.165) is 5.56 Å². The fourth-order valence-corrected chi connectivity index (χ4v) is 5.25. The number of nitrogens with zero attached hydrogens (tertiary/aromatic N) is 2. The smallest absolute Gasteiger partial charge is 0.255 e. The van der Waals surface area contributed by atoms with Crippen molar-refractivity contribution in [3.05, 3.63) is 94.5 Å². The number of amides is 1. The van der Waals surface area contributed by atoms with Crippen molar-refractivity contribution in [1.29, 1.82) is 5.26 Å². The number of hydrogen-bond donors (Lipinski definition) is 1. The summed E-state index contributed by atoms with van der Waals surface area (Å²) in [5, 5.41) is 12.8. The molecule has 8 heteroatoms. The summed E-state index contributed by atoms with van der Waals surface area (Å²) in [4.78, 5) is 12.8. The van der Waals surface area contributed by atoms with E-state index in [1.54, 1.807) is 32.0 Å². The summed E-state index contributed by atoms with van der Waals surface area (Å²) in [6.07, 6.45) is 0. The van der Waals surface area contributed by atoms with Crippen LogP contribution in [0.3, 0.4) is 0 Å². The zero-order valence-corrected chi connectivity index (χ0v) is 19.9. The van der Waals surface area contributed by atoms with Crippen LogP contribution < -0.4 is 5.32 Å². The molecule has 0 aliphatic carbocycles. The first-order valence-electron chi connectivity index (χ1n) is 10.5. The minimum Gasteiger partial charge on any atom is -0.322 e. The molecule has 0 spiro atoms. The van der Waals surface area contributed by atoms with E-state index in [1.807, 2.05) is 30.3 Å². The van der Waals surface area contributed by atoms with Crippen LogP contribution in [0.15, 0.2) is 77.7 Å². The van der Waals surface area contributed by atoms with Crippen molar-refractivity contribution in [2.24, 2.45) is 0 Å². The fourth-order valence-electron chi connectivity index (χ4n) is 3.50. The topological polar surface area (TPSA) is 90.3 Å². The van der Waals surface area contributed by atoms with Crippen LogP contribution in [-0.4, -0.2) is 31.7 Å². The van der Waals surface area contributed by atoms with Crippen molar-refractivity contribution < 1.29 is 13.2 Å². The van der Waals surface area contributed by atoms with Crippen LogP contribution in [0.2, 0.25) is 5.02 Å². The molecule has 3 aromatic carbocycles. The van der Waals surface area contributed by atoms with Crippen molar-refractivity contribution in [3.8, 4) is 6.07 Å². The van der Waals surface area contributed by atoms with Gasteiger partial charge in [0.25, 0.3) is 5.91 Å². The Kier molecular flexibility index (Phi) is 7.88. The van der Waals surface area contributed by atoms with Gasteiger partial charge in [-0.05, 0) is 47.5 Å². The van der Waals surface area contributed by atoms with Gasteiger partial charge in [-0.2, -0.15) is 9.57 Å². The largest absolute Gasteiger partial charge is 0.322 e. The Labute approximate surface area is 199 Å². The molecule has 3 rings (SSSR count). The monoisotopic (exact) mass is 481 g/mol. The molecule has 1 amide bonds. The summed E-state index contributed by atoms with van der Waals surface area (Å²) >= 11 is 6.44. The van der Waals surface area contributed by atoms with Gasteiger partial charge < -0.3 is 5.32 Å². The minimum atomic E-state index is -3.59. The number of halogens is 1. The van der Waals surface area contributed by atoms with E-state index in [1.165, 1.54) is 28.6 Å². The van der Waals surface area contributed by atoms with Gasteiger partial charge in [0, 0.05) is 29.4 Å². The maximum absolute atomic E-state index is 12.7. The van der Waals surface area contributed by atoms with Gasteiger partial charge in [-0.3, -0.25) is 4.79 Å². The standard InChI is InChI=1S/C25H24ClN3O3S/c1-3-29(4-2)33(31,32)21-13-10-19(11-14-21)25(30)28-20-12-15-22(24(26)16-20)23(17-27)18-8-6-5-7-9-18/h5-16,23H,3-4H2,1-2H3,(H,28,30). The third kappa shape index (κ3) is 5.42. The normalized spacial score (nSPS) is 12.2. The first-order valence-corrected chi connectivity index (χ1v) is 12.3. The van der Waals surface area contributed by atoms with Gasteiger partial charge in [0.1, 0.15) is 0 Å². The van der Waals surface area contributed by atoms with Crippen LogP contribution in [0.25, 0.3) is 0 Å². The SMILES string of the molecule is CCN(CC)S(=O)(=O)c1ccc(C(=O)Nc2ccc(C(C#N)c3ccccc3)c(Cl)c2)cc1. The number of benzene rings is 3. The Morgan fingerprint density at radius 2 is 1.67 bits per heavy atom. The zero-order chi connectivity index (χ0) is 24.0. The lowest BCUT2D eigenvalue weighted by Gasteiger charge is -2.18. The Hall–Kier alpha value is -3.18. The van der Waals surface area contributed by atoms with E-state index in [0.29, 0.717) is 34.9 Å². The number of nitrogens with one attached hydrogen (secondary N) is 1. The second-order valence-electron chi connectivity index (χ2n) is 7.28. The van der Waals surface area contributed by atoms with E-state index < -0.39 is 21.8 Å². The lowest BCUT2D eigenvalue weighted by atomic mass is 9.92. The maximum Gasteiger partial charge on any atom is 0.255 e. The number of nitriles is 1. The van der Waals surface area contributed by atoms with E-state index in [-0.39, 0.29) is 4.90 Å². The number of carbonyl (C=O) groups excluding carboxylic acids is 1. The maximum atomic E-state index is 12.7. The average Bonchev–Trinajstić information content (AvgIpc) is 2.82. The Bertz CT molecular complexity index is 1270. The molecule has 0 fully saturated rings. The van der Waals surface area contributed by atoms with Crippen LogP contribution in [0.1, 0.15) is 41.3 Å². The Balaban J connectivity index is 1.77. The summed E-state index contributed by atoms with van der Waals surface area (Å²) in [5.74, 6) is -0.922. The summed E-state index contributed by atoms with van der Waals surface area (Å²) in [6.45, 7) is 4.29. The van der Waals surface area contributed by atoms with Crippen molar-refractivity contribution >= 4 is 33.2 Å². The average molecular weight is 482 g/mol. The van der Waals surface area contributed by atoms with Gasteiger partial charge in [-0.25, -0.2) is 8.42 Å². The highest BCUT2D eigenvalue weighted by Gasteiger charge is 2.22. The van der Waals surface area contributed by atoms with Crippen LogP contribution in [0.4, 0.5) is 5.69 Å². The van der Waals surface area contributed by atoms with Gasteiger partial charge >= 0.3 is 0 Å². The molecular formula is C25H24ClN3O3S. The lowest BCUT2D eigenvalue weighted by Crippen LogP contribution is -2.30. The first kappa shape index (κ1) is 24.5. The molecule has 0 heterocycles. The predicted molar refractivity (Wildman–Crippen MR) is 130 cm³/mol. The molecule has 1 N–H and O–H groups in total. The quantitative estimate of drug-likeness (QED) is 0.474. The number of hydrogen-bond acceptors (Lipinski definition) is 4. The molecule has 1 atom stereocenters. The molecule has 0 aromatic heterocycles. The number of carbonyl (C=O) groups is 1. The number of anilines is 1. The van der Waals surface area contributed by atoms with Crippen LogP contribution >= 0.6 is 11.6 Å². The van der Waals surface area contributed by atoms with Crippen molar-refractivity contribution in [1.82, 2.24) is 4.31 Å². The molecule has 0 radical (unpaired) electrons. The summed E-state index contributed by atoms with van der Waals surface area (Å²) in [7, 11) is -3.59. The molecule has 0 saturated heterocycles. The molecule has 1 unspecified atom stereocenters. The van der Waals surface area contributed by atoms with Gasteiger partial charge in [0.15, 0.2) is 0 Å². The van der Waals surface area contributed by atoms with E-state index in [2.05, 4.69) is 11.4 Å². The van der Waals surface area contributed by atoms with Crippen LogP contribution in [-0.2, 0) is 10.0 Å². The van der Waals surface area contributed by atoms with Gasteiger partial charge in [-0.15, -0.1) is 0 Å². The van der Waals surface area contributed by atoms with E-state index in [4.69, 9.17) is 11.6 Å². The van der Waals surface area contributed by atoms with Gasteiger partial charge in [-0.1, -0.05) is 61.8 Å². The third-order valence-corrected chi connectivity index (χ3v) is 7.68. The van der Waals surface area contributed by atoms with Crippen LogP contribution in [0.5, 0.6) is 0 Å². The molecule has 0 saturated carbocycles. The molecule has 0 bridgehead atoms. The highest BCUT2D eigenvalue weighted by Crippen LogP contribution is 2.32. The van der Waals surface area contributed by atoms with E-state index >= 15 is 0 Å². The Morgan fingerprint density at radius 3 is 2.21 bits per heavy atom. The number of rotatable bonds is 8. The summed E-state index contributed by atoms with van der Waals surface area (Å²) in [5.41, 5.74) is 2.26. The molecule has 3 aromatic rings. The van der Waals surface area contributed by atoms with Gasteiger partial charge in [0.2, 0.25) is 10.0 Å². The second-order valence-corrected chi connectivity index (χ2v) is 9.62. The molecule has 6 nitrogen and oxygen atoms in total. The molecular weight excluding hydrogens is 458 g/mol. The Morgan fingerprint density at radius 1 is 1.03 bits per heavy atom. The molecule has 170 valence electrons. The van der Waals surface area contributed by atoms with E-state index in [9.17, 15) is 18.5 Å². The highest BCUT2D eigenvalue weighted by atomic mass is 35.5. The third-order valence-electron chi connectivity index (χ3n) is 5.29. The highest BCUT2D eigenvalue weighted by molar-refractivity contribution is 7.89. The lowest BCUT2D eigenvalue weighted by molar-refractivity contribution is 0.102. The minimum absolute atomic E-state index is 0.138. The van der Waals surface area contributed by atoms with Crippen molar-refractivity contribution in [3.63, 3.8) is 0 Å². The number of sulfonamides is 1. The van der Waals surface area contributed by atoms with Crippen molar-refractivity contribution in [2.45, 2.75) is 24.7 Å². The van der Waals surface area contributed by atoms with Gasteiger partial charge in [0.05, 0.1) is 16.9 Å².